The van der Waals surface area contributed by atoms with E-state index in [0.717, 1.165) is 31.2 Å². The maximum absolute atomic E-state index is 15.2. The van der Waals surface area contributed by atoms with Gasteiger partial charge in [0, 0.05) is 35.6 Å². The molecule has 0 radical (unpaired) electrons. The van der Waals surface area contributed by atoms with Gasteiger partial charge in [0.1, 0.15) is 27.6 Å². The number of benzene rings is 3. The fraction of sp³-hybridized carbons (Fsp3) is 0.300. The summed E-state index contributed by atoms with van der Waals surface area (Å²) in [4.78, 5) is 38.4. The number of ketones is 2. The van der Waals surface area contributed by atoms with Crippen molar-refractivity contribution in [2.75, 3.05) is 5.32 Å². The molecule has 0 aliphatic heterocycles. The average Bonchev–Trinajstić information content (AvgIpc) is 3.53. The number of thioether (sulfide) groups is 1. The highest BCUT2D eigenvalue weighted by Gasteiger charge is 2.67. The van der Waals surface area contributed by atoms with Crippen LogP contribution in [0.5, 0.6) is 0 Å². The summed E-state index contributed by atoms with van der Waals surface area (Å²) in [6.07, 6.45) is -6.77. The highest BCUT2D eigenvalue weighted by Crippen LogP contribution is 2.65. The van der Waals surface area contributed by atoms with Gasteiger partial charge in [-0.25, -0.2) is 13.2 Å². The largest absolute Gasteiger partial charge is 0.442 e. The predicted molar refractivity (Wildman–Crippen MR) is 158 cm³/mol. The van der Waals surface area contributed by atoms with Crippen molar-refractivity contribution in [2.24, 2.45) is 5.92 Å². The SMILES string of the molecule is CC(SC(F)(F)F)C(=O)Cc1c(F)ccc(CC(=O)c2cc(NC(=O)[C@H]3[C@H](c4ccc(F)c(C(F)(F)F)c4)C3(Cl)Cl)ccc2Cl)c1F. The smallest absolute Gasteiger partial charge is 0.326 e. The minimum atomic E-state index is -5.02. The van der Waals surface area contributed by atoms with Gasteiger partial charge in [-0.1, -0.05) is 23.7 Å². The number of carbonyl (C=O) groups excluding carboxylic acids is 3. The van der Waals surface area contributed by atoms with E-state index in [4.69, 9.17) is 34.8 Å². The Bertz CT molecular complexity index is 1750. The molecule has 47 heavy (non-hydrogen) atoms. The molecular weight excluding hydrogens is 732 g/mol. The molecule has 4 nitrogen and oxygen atoms in total. The third-order valence-corrected chi connectivity index (χ3v) is 9.41. The van der Waals surface area contributed by atoms with Gasteiger partial charge < -0.3 is 5.32 Å². The Labute approximate surface area is 279 Å². The van der Waals surface area contributed by atoms with E-state index < -0.39 is 109 Å². The number of Topliss-reactive ketones (excluding diaryl/α,β-unsaturated/α-hetero) is 2. The summed E-state index contributed by atoms with van der Waals surface area (Å²) in [6, 6.07) is 7.32. The van der Waals surface area contributed by atoms with Gasteiger partial charge in [-0.2, -0.15) is 26.3 Å². The number of carbonyl (C=O) groups is 3. The Kier molecular flexibility index (Phi) is 10.6. The van der Waals surface area contributed by atoms with Crippen LogP contribution in [-0.4, -0.2) is 32.6 Å². The van der Waals surface area contributed by atoms with Crippen molar-refractivity contribution in [1.82, 2.24) is 0 Å². The Morgan fingerprint density at radius 2 is 1.55 bits per heavy atom. The summed E-state index contributed by atoms with van der Waals surface area (Å²) < 4.78 is 119. The minimum Gasteiger partial charge on any atom is -0.326 e. The van der Waals surface area contributed by atoms with Crippen LogP contribution in [0.3, 0.4) is 0 Å². The van der Waals surface area contributed by atoms with E-state index in [1.165, 1.54) is 12.1 Å². The standard InChI is InChI=1S/C30H19Cl3F9NO3S/c1-12(47-30(40,41)42)22(44)11-17-20(34)6-3-14(26(17)36)9-23(45)16-10-15(4-5-19(16)31)43-27(46)25-24(28(25,32)33)13-2-7-21(35)18(8-13)29(37,38)39/h2-8,10,12,24-25H,9,11H2,1H3,(H,43,46)/t12?,24-,25+/m0/s1. The zero-order valence-corrected chi connectivity index (χ0v) is 26.5. The van der Waals surface area contributed by atoms with Crippen molar-refractivity contribution in [2.45, 2.75) is 47.0 Å². The summed E-state index contributed by atoms with van der Waals surface area (Å²) in [5.41, 5.74) is -7.99. The Morgan fingerprint density at radius 1 is 0.915 bits per heavy atom. The van der Waals surface area contributed by atoms with Crippen molar-refractivity contribution in [1.29, 1.82) is 0 Å². The van der Waals surface area contributed by atoms with Crippen molar-refractivity contribution in [3.05, 3.63) is 98.8 Å². The summed E-state index contributed by atoms with van der Waals surface area (Å²) in [5.74, 6) is -9.30. The van der Waals surface area contributed by atoms with E-state index in [1.54, 1.807) is 0 Å². The minimum absolute atomic E-state index is 0.0466. The van der Waals surface area contributed by atoms with E-state index in [9.17, 15) is 49.5 Å². The lowest BCUT2D eigenvalue weighted by Gasteiger charge is -2.14. The molecule has 1 amide bonds. The molecule has 4 rings (SSSR count). The molecular formula is C30H19Cl3F9NO3S. The molecule has 3 atom stereocenters. The molecule has 252 valence electrons. The number of nitrogens with one attached hydrogen (secondary N) is 1. The van der Waals surface area contributed by atoms with E-state index in [2.05, 4.69) is 5.32 Å². The average molecular weight is 751 g/mol. The number of rotatable bonds is 10. The quantitative estimate of drug-likeness (QED) is 0.128. The van der Waals surface area contributed by atoms with E-state index in [-0.39, 0.29) is 21.8 Å². The van der Waals surface area contributed by atoms with Gasteiger partial charge in [-0.05, 0) is 66.2 Å². The van der Waals surface area contributed by atoms with E-state index in [1.807, 2.05) is 0 Å². The topological polar surface area (TPSA) is 63.2 Å². The number of halogens is 12. The second-order valence-corrected chi connectivity index (χ2v) is 13.8. The molecule has 1 aliphatic carbocycles. The molecule has 0 aromatic heterocycles. The third-order valence-electron chi connectivity index (χ3n) is 7.26. The molecule has 0 spiro atoms. The summed E-state index contributed by atoms with van der Waals surface area (Å²) in [6.45, 7) is 0.938. The van der Waals surface area contributed by atoms with Crippen LogP contribution in [-0.2, 0) is 28.6 Å². The van der Waals surface area contributed by atoms with Gasteiger partial charge in [-0.3, -0.25) is 14.4 Å². The molecule has 3 aromatic carbocycles. The fourth-order valence-corrected chi connectivity index (χ4v) is 6.52. The molecule has 1 N–H and O–H groups in total. The van der Waals surface area contributed by atoms with Gasteiger partial charge in [0.15, 0.2) is 5.78 Å². The number of hydrogen-bond donors (Lipinski definition) is 1. The Morgan fingerprint density at radius 3 is 2.17 bits per heavy atom. The van der Waals surface area contributed by atoms with Crippen molar-refractivity contribution in [3.8, 4) is 0 Å². The van der Waals surface area contributed by atoms with Gasteiger partial charge in [0.05, 0.1) is 21.8 Å². The molecule has 17 heteroatoms. The van der Waals surface area contributed by atoms with Gasteiger partial charge in [0.2, 0.25) is 5.91 Å². The van der Waals surface area contributed by atoms with Crippen LogP contribution < -0.4 is 5.32 Å². The molecule has 0 bridgehead atoms. The van der Waals surface area contributed by atoms with Crippen molar-refractivity contribution >= 4 is 69.7 Å². The van der Waals surface area contributed by atoms with Gasteiger partial charge in [0.25, 0.3) is 0 Å². The first-order chi connectivity index (χ1) is 21.6. The van der Waals surface area contributed by atoms with E-state index in [0.29, 0.717) is 12.1 Å². The molecule has 1 fully saturated rings. The second-order valence-electron chi connectivity index (χ2n) is 10.5. The number of amides is 1. The highest BCUT2D eigenvalue weighted by molar-refractivity contribution is 8.01. The first-order valence-electron chi connectivity index (χ1n) is 13.2. The van der Waals surface area contributed by atoms with Crippen LogP contribution in [0.2, 0.25) is 5.02 Å². The monoisotopic (exact) mass is 749 g/mol. The second kappa shape index (κ2) is 13.5. The third kappa shape index (κ3) is 8.38. The maximum atomic E-state index is 15.2. The summed E-state index contributed by atoms with van der Waals surface area (Å²) >= 11 is 17.9. The summed E-state index contributed by atoms with van der Waals surface area (Å²) in [7, 11) is 0. The number of anilines is 1. The molecule has 1 aliphatic rings. The van der Waals surface area contributed by atoms with Crippen LogP contribution in [0.1, 0.15) is 45.5 Å². The van der Waals surface area contributed by atoms with Gasteiger partial charge in [-0.15, -0.1) is 23.2 Å². The van der Waals surface area contributed by atoms with Gasteiger partial charge >= 0.3 is 11.7 Å². The molecule has 0 saturated heterocycles. The molecule has 1 unspecified atom stereocenters. The number of alkyl halides is 8. The zero-order valence-electron chi connectivity index (χ0n) is 23.4. The van der Waals surface area contributed by atoms with Crippen molar-refractivity contribution in [3.63, 3.8) is 0 Å². The van der Waals surface area contributed by atoms with Crippen LogP contribution >= 0.6 is 46.6 Å². The number of hydrogen-bond acceptors (Lipinski definition) is 4. The highest BCUT2D eigenvalue weighted by atomic mass is 35.5. The lowest BCUT2D eigenvalue weighted by Crippen LogP contribution is -2.22. The normalized spacial score (nSPS) is 18.1. The zero-order chi connectivity index (χ0) is 35.2. The van der Waals surface area contributed by atoms with Crippen molar-refractivity contribution < 1.29 is 53.9 Å². The lowest BCUT2D eigenvalue weighted by atomic mass is 9.97. The maximum Gasteiger partial charge on any atom is 0.442 e. The summed E-state index contributed by atoms with van der Waals surface area (Å²) in [5, 5.41) is 0.615. The fourth-order valence-electron chi connectivity index (χ4n) is 4.86. The van der Waals surface area contributed by atoms with Crippen LogP contribution in [0.4, 0.5) is 45.2 Å². The molecule has 3 aromatic rings. The van der Waals surface area contributed by atoms with Crippen LogP contribution in [0.15, 0.2) is 48.5 Å². The van der Waals surface area contributed by atoms with Crippen LogP contribution in [0, 0.1) is 23.4 Å². The molecule has 1 saturated carbocycles. The lowest BCUT2D eigenvalue weighted by molar-refractivity contribution is -0.140. The molecule has 0 heterocycles. The first-order valence-corrected chi connectivity index (χ1v) is 15.2. The Balaban J connectivity index is 1.50. The Hall–Kier alpha value is -2.94. The first kappa shape index (κ1) is 36.9. The van der Waals surface area contributed by atoms with Crippen LogP contribution in [0.25, 0.3) is 0 Å². The predicted octanol–water partition coefficient (Wildman–Crippen LogP) is 9.48. The van der Waals surface area contributed by atoms with E-state index >= 15 is 4.39 Å².